The van der Waals surface area contributed by atoms with Crippen LogP contribution in [0.15, 0.2) is 18.2 Å². The van der Waals surface area contributed by atoms with Crippen molar-refractivity contribution in [1.29, 1.82) is 0 Å². The summed E-state index contributed by atoms with van der Waals surface area (Å²) in [5.41, 5.74) is 0. The third kappa shape index (κ3) is 4.21. The fourth-order valence-corrected chi connectivity index (χ4v) is 2.72. The van der Waals surface area contributed by atoms with E-state index in [1.807, 2.05) is 0 Å². The number of amides is 1. The molecule has 1 aromatic rings. The first kappa shape index (κ1) is 13.8. The molecule has 1 amide bonds. The lowest BCUT2D eigenvalue weighted by molar-refractivity contribution is -0.131. The Kier molecular flexibility index (Phi) is 4.37. The van der Waals surface area contributed by atoms with Crippen LogP contribution in [0.1, 0.15) is 34.3 Å². The summed E-state index contributed by atoms with van der Waals surface area (Å²) in [7, 11) is 0. The van der Waals surface area contributed by atoms with Gasteiger partial charge in [-0.15, -0.1) is 11.3 Å². The van der Waals surface area contributed by atoms with Gasteiger partial charge in [0.1, 0.15) is 0 Å². The van der Waals surface area contributed by atoms with Crippen LogP contribution in [0, 0.1) is 11.8 Å². The van der Waals surface area contributed by atoms with Crippen LogP contribution in [0.25, 0.3) is 6.08 Å². The molecule has 1 aliphatic carbocycles. The zero-order valence-corrected chi connectivity index (χ0v) is 11.6. The van der Waals surface area contributed by atoms with E-state index in [4.69, 9.17) is 5.11 Å². The van der Waals surface area contributed by atoms with Gasteiger partial charge in [0, 0.05) is 17.5 Å². The second-order valence-electron chi connectivity index (χ2n) is 4.90. The van der Waals surface area contributed by atoms with Crippen molar-refractivity contribution in [2.75, 3.05) is 6.54 Å². The topological polar surface area (TPSA) is 66.4 Å². The maximum Gasteiger partial charge on any atom is 0.328 e. The lowest BCUT2D eigenvalue weighted by Crippen LogP contribution is -2.28. The Hall–Kier alpha value is -1.62. The molecule has 5 heteroatoms. The van der Waals surface area contributed by atoms with Gasteiger partial charge in [-0.25, -0.2) is 4.79 Å². The Morgan fingerprint density at radius 2 is 2.26 bits per heavy atom. The third-order valence-corrected chi connectivity index (χ3v) is 4.30. The van der Waals surface area contributed by atoms with Crippen molar-refractivity contribution < 1.29 is 14.7 Å². The summed E-state index contributed by atoms with van der Waals surface area (Å²) in [6.45, 7) is 2.87. The van der Waals surface area contributed by atoms with Crippen LogP contribution in [0.2, 0.25) is 0 Å². The third-order valence-electron chi connectivity index (χ3n) is 3.25. The highest BCUT2D eigenvalue weighted by Crippen LogP contribution is 2.36. The highest BCUT2D eigenvalue weighted by Gasteiger charge is 2.27. The molecule has 0 bridgehead atoms. The molecule has 0 radical (unpaired) electrons. The van der Waals surface area contributed by atoms with Crippen molar-refractivity contribution in [3.63, 3.8) is 0 Å². The van der Waals surface area contributed by atoms with E-state index in [1.54, 1.807) is 12.1 Å². The average Bonchev–Trinajstić information content (AvgIpc) is 3.12. The molecule has 0 aliphatic heterocycles. The number of carboxylic acids is 1. The number of thiophene rings is 1. The van der Waals surface area contributed by atoms with E-state index in [2.05, 4.69) is 12.2 Å². The van der Waals surface area contributed by atoms with Gasteiger partial charge in [0.15, 0.2) is 0 Å². The Labute approximate surface area is 116 Å². The lowest BCUT2D eigenvalue weighted by Gasteiger charge is -2.10. The largest absolute Gasteiger partial charge is 0.478 e. The minimum atomic E-state index is -0.988. The predicted molar refractivity (Wildman–Crippen MR) is 75.2 cm³/mol. The predicted octanol–water partition coefficient (Wildman–Crippen LogP) is 2.62. The van der Waals surface area contributed by atoms with Crippen molar-refractivity contribution in [2.45, 2.75) is 19.8 Å². The van der Waals surface area contributed by atoms with Gasteiger partial charge < -0.3 is 10.4 Å². The van der Waals surface area contributed by atoms with E-state index < -0.39 is 5.97 Å². The van der Waals surface area contributed by atoms with E-state index >= 15 is 0 Å². The molecule has 1 unspecified atom stereocenters. The number of rotatable bonds is 6. The van der Waals surface area contributed by atoms with Crippen LogP contribution in [0.3, 0.4) is 0 Å². The van der Waals surface area contributed by atoms with E-state index in [-0.39, 0.29) is 5.91 Å². The van der Waals surface area contributed by atoms with Gasteiger partial charge in [-0.2, -0.15) is 0 Å². The second-order valence-corrected chi connectivity index (χ2v) is 6.01. The monoisotopic (exact) mass is 279 g/mol. The maximum atomic E-state index is 11.9. The van der Waals surface area contributed by atoms with Gasteiger partial charge in [-0.1, -0.05) is 6.92 Å². The second kappa shape index (κ2) is 6.02. The number of hydrogen-bond acceptors (Lipinski definition) is 3. The molecule has 2 rings (SSSR count). The van der Waals surface area contributed by atoms with Crippen LogP contribution < -0.4 is 5.32 Å². The molecule has 1 fully saturated rings. The number of aliphatic carboxylic acids is 1. The summed E-state index contributed by atoms with van der Waals surface area (Å²) in [6, 6.07) is 3.48. The molecule has 1 atom stereocenters. The highest BCUT2D eigenvalue weighted by molar-refractivity contribution is 7.14. The maximum absolute atomic E-state index is 11.9. The smallest absolute Gasteiger partial charge is 0.328 e. The molecule has 0 aromatic carbocycles. The van der Waals surface area contributed by atoms with Crippen molar-refractivity contribution >= 4 is 29.3 Å². The molecular weight excluding hydrogens is 262 g/mol. The summed E-state index contributed by atoms with van der Waals surface area (Å²) in [4.78, 5) is 23.7. The fourth-order valence-electron chi connectivity index (χ4n) is 1.89. The molecule has 0 saturated heterocycles. The molecule has 102 valence electrons. The first-order chi connectivity index (χ1) is 9.06. The minimum Gasteiger partial charge on any atom is -0.478 e. The Morgan fingerprint density at radius 1 is 1.53 bits per heavy atom. The van der Waals surface area contributed by atoms with Gasteiger partial charge in [0.25, 0.3) is 5.91 Å². The number of carbonyl (C=O) groups is 2. The Bertz CT molecular complexity index is 503. The molecule has 1 aromatic heterocycles. The first-order valence-electron chi connectivity index (χ1n) is 6.35. The van der Waals surface area contributed by atoms with E-state index in [1.165, 1.54) is 30.3 Å². The van der Waals surface area contributed by atoms with Crippen molar-refractivity contribution in [3.05, 3.63) is 28.0 Å². The average molecular weight is 279 g/mol. The normalized spacial score (nSPS) is 16.5. The first-order valence-corrected chi connectivity index (χ1v) is 7.17. The number of carbonyl (C=O) groups excluding carboxylic acids is 1. The summed E-state index contributed by atoms with van der Waals surface area (Å²) >= 11 is 1.30. The molecule has 4 nitrogen and oxygen atoms in total. The van der Waals surface area contributed by atoms with Gasteiger partial charge in [-0.05, 0) is 42.9 Å². The van der Waals surface area contributed by atoms with Gasteiger partial charge in [-0.3, -0.25) is 4.79 Å². The quantitative estimate of drug-likeness (QED) is 0.787. The lowest BCUT2D eigenvalue weighted by atomic mass is 10.1. The molecule has 19 heavy (non-hydrogen) atoms. The molecule has 2 N–H and O–H groups in total. The molecule has 1 heterocycles. The number of carboxylic acid groups (broad SMARTS) is 1. The number of hydrogen-bond donors (Lipinski definition) is 2. The summed E-state index contributed by atoms with van der Waals surface area (Å²) < 4.78 is 0. The summed E-state index contributed by atoms with van der Waals surface area (Å²) in [6.07, 6.45) is 5.12. The standard InChI is InChI=1S/C14H17NO3S/c1-9(10-2-3-10)8-15-14(18)12-6-4-11(19-12)5-7-13(16)17/h4-7,9-10H,2-3,8H2,1H3,(H,15,18)(H,16,17)/b7-5+. The van der Waals surface area contributed by atoms with E-state index in [0.29, 0.717) is 17.3 Å². The van der Waals surface area contributed by atoms with Crippen LogP contribution in [0.5, 0.6) is 0 Å². The Balaban J connectivity index is 1.86. The molecule has 1 saturated carbocycles. The van der Waals surface area contributed by atoms with Crippen molar-refractivity contribution in [1.82, 2.24) is 5.32 Å². The molecular formula is C14H17NO3S. The van der Waals surface area contributed by atoms with Crippen molar-refractivity contribution in [2.24, 2.45) is 11.8 Å². The van der Waals surface area contributed by atoms with Gasteiger partial charge >= 0.3 is 5.97 Å². The van der Waals surface area contributed by atoms with E-state index in [0.717, 1.165) is 16.9 Å². The van der Waals surface area contributed by atoms with Crippen LogP contribution in [0.4, 0.5) is 0 Å². The van der Waals surface area contributed by atoms with Crippen LogP contribution >= 0.6 is 11.3 Å². The molecule has 0 spiro atoms. The highest BCUT2D eigenvalue weighted by atomic mass is 32.1. The summed E-state index contributed by atoms with van der Waals surface area (Å²) in [5, 5.41) is 11.5. The van der Waals surface area contributed by atoms with Gasteiger partial charge in [0.05, 0.1) is 4.88 Å². The zero-order valence-electron chi connectivity index (χ0n) is 10.8. The number of nitrogens with one attached hydrogen (secondary N) is 1. The fraction of sp³-hybridized carbons (Fsp3) is 0.429. The van der Waals surface area contributed by atoms with Crippen molar-refractivity contribution in [3.8, 4) is 0 Å². The minimum absolute atomic E-state index is 0.0764. The Morgan fingerprint density at radius 3 is 2.89 bits per heavy atom. The summed E-state index contributed by atoms with van der Waals surface area (Å²) in [5.74, 6) is 0.248. The molecule has 1 aliphatic rings. The van der Waals surface area contributed by atoms with Gasteiger partial charge in [0.2, 0.25) is 0 Å². The van der Waals surface area contributed by atoms with Crippen LogP contribution in [-0.4, -0.2) is 23.5 Å². The zero-order chi connectivity index (χ0) is 13.8. The van der Waals surface area contributed by atoms with Crippen LogP contribution in [-0.2, 0) is 4.79 Å². The SMILES string of the molecule is CC(CNC(=O)c1ccc(/C=C/C(=O)O)s1)C1CC1. The van der Waals surface area contributed by atoms with E-state index in [9.17, 15) is 9.59 Å².